The lowest BCUT2D eigenvalue weighted by Crippen LogP contribution is -2.43. The van der Waals surface area contributed by atoms with Crippen LogP contribution in [0.1, 0.15) is 42.7 Å². The Hall–Kier alpha value is -2.20. The molecule has 142 valence electrons. The van der Waals surface area contributed by atoms with E-state index in [2.05, 4.69) is 16.0 Å². The Kier molecular flexibility index (Phi) is 6.99. The molecule has 2 aliphatic rings. The van der Waals surface area contributed by atoms with Crippen LogP contribution in [-0.2, 0) is 4.74 Å². The molecule has 0 amide bonds. The Morgan fingerprint density at radius 2 is 1.96 bits per heavy atom. The summed E-state index contributed by atoms with van der Waals surface area (Å²) in [6, 6.07) is 9.57. The van der Waals surface area contributed by atoms with E-state index in [1.54, 1.807) is 18.3 Å². The number of ether oxygens (including phenoxy) is 2. The molecule has 0 spiro atoms. The number of aromatic nitrogens is 2. The molecular formula is C20H23ClN4O2. The number of pyridine rings is 2. The average Bonchev–Trinajstić information content (AvgIpc) is 2.69. The molecule has 2 fully saturated rings. The van der Waals surface area contributed by atoms with Gasteiger partial charge in [0.15, 0.2) is 0 Å². The highest BCUT2D eigenvalue weighted by Crippen LogP contribution is 2.34. The van der Waals surface area contributed by atoms with Crippen LogP contribution in [0.3, 0.4) is 0 Å². The smallest absolute Gasteiger partial charge is 0.217 e. The highest BCUT2D eigenvalue weighted by molar-refractivity contribution is 6.29. The van der Waals surface area contributed by atoms with Crippen molar-refractivity contribution in [1.82, 2.24) is 9.97 Å². The molecule has 0 unspecified atom stereocenters. The third-order valence-corrected chi connectivity index (χ3v) is 4.95. The molecule has 1 aliphatic carbocycles. The summed E-state index contributed by atoms with van der Waals surface area (Å²) >= 11 is 5.45. The predicted octanol–water partition coefficient (Wildman–Crippen LogP) is 3.45. The normalized spacial score (nSPS) is 22.0. The van der Waals surface area contributed by atoms with Gasteiger partial charge in [0.2, 0.25) is 5.88 Å². The van der Waals surface area contributed by atoms with Gasteiger partial charge in [-0.25, -0.2) is 9.97 Å². The standard InChI is InChI=1S/C14H20N2O2.C6H3ClN2/c15-11-8-12(9-11)18-14-13(2-1-5-16-14)10-3-6-17-7-4-10;7-6-2-1-5(3-8)4-9-6/h1-2,5,10-12H,3-4,6-9,15H2;1-2,4H. The maximum atomic E-state index is 8.30. The van der Waals surface area contributed by atoms with Gasteiger partial charge in [0.1, 0.15) is 17.3 Å². The maximum absolute atomic E-state index is 8.30. The molecule has 3 heterocycles. The molecule has 7 heteroatoms. The van der Waals surface area contributed by atoms with Crippen LogP contribution in [0.15, 0.2) is 36.7 Å². The van der Waals surface area contributed by atoms with Crippen molar-refractivity contribution < 1.29 is 9.47 Å². The molecular weight excluding hydrogens is 364 g/mol. The van der Waals surface area contributed by atoms with E-state index in [0.29, 0.717) is 22.7 Å². The topological polar surface area (TPSA) is 94.1 Å². The first kappa shape index (κ1) is 19.6. The van der Waals surface area contributed by atoms with E-state index < -0.39 is 0 Å². The van der Waals surface area contributed by atoms with Gasteiger partial charge in [0, 0.05) is 37.2 Å². The molecule has 0 aromatic carbocycles. The summed E-state index contributed by atoms with van der Waals surface area (Å²) < 4.78 is 11.4. The molecule has 1 saturated heterocycles. The van der Waals surface area contributed by atoms with Crippen molar-refractivity contribution in [3.63, 3.8) is 0 Å². The zero-order valence-corrected chi connectivity index (χ0v) is 15.8. The van der Waals surface area contributed by atoms with Crippen LogP contribution in [-0.4, -0.2) is 35.3 Å². The summed E-state index contributed by atoms with van der Waals surface area (Å²) in [4.78, 5) is 8.09. The Labute approximate surface area is 164 Å². The number of nitrogens with two attached hydrogens (primary N) is 1. The summed E-state index contributed by atoms with van der Waals surface area (Å²) in [5.74, 6) is 1.33. The van der Waals surface area contributed by atoms with Crippen LogP contribution in [0.25, 0.3) is 0 Å². The van der Waals surface area contributed by atoms with Crippen molar-refractivity contribution >= 4 is 11.6 Å². The van der Waals surface area contributed by atoms with Crippen LogP contribution in [0.5, 0.6) is 5.88 Å². The van der Waals surface area contributed by atoms with E-state index in [9.17, 15) is 0 Å². The molecule has 2 aromatic rings. The lowest BCUT2D eigenvalue weighted by atomic mass is 9.89. The Morgan fingerprint density at radius 3 is 2.59 bits per heavy atom. The SMILES string of the molecule is N#Cc1ccc(Cl)nc1.NC1CC(Oc2ncccc2C2CCOCC2)C1. The molecule has 0 radical (unpaired) electrons. The van der Waals surface area contributed by atoms with Crippen LogP contribution < -0.4 is 10.5 Å². The van der Waals surface area contributed by atoms with Crippen LogP contribution >= 0.6 is 11.6 Å². The van der Waals surface area contributed by atoms with Gasteiger partial charge in [0.25, 0.3) is 0 Å². The third-order valence-electron chi connectivity index (χ3n) is 4.73. The van der Waals surface area contributed by atoms with E-state index in [4.69, 9.17) is 32.1 Å². The van der Waals surface area contributed by atoms with E-state index in [0.717, 1.165) is 44.8 Å². The van der Waals surface area contributed by atoms with Gasteiger partial charge in [-0.2, -0.15) is 5.26 Å². The zero-order valence-electron chi connectivity index (χ0n) is 15.1. The fraction of sp³-hybridized carbons (Fsp3) is 0.450. The lowest BCUT2D eigenvalue weighted by molar-refractivity contribution is 0.0778. The second kappa shape index (κ2) is 9.65. The van der Waals surface area contributed by atoms with Gasteiger partial charge in [-0.1, -0.05) is 17.7 Å². The average molecular weight is 387 g/mol. The summed E-state index contributed by atoms with van der Waals surface area (Å²) in [6.45, 7) is 1.68. The number of halogens is 1. The van der Waals surface area contributed by atoms with Crippen molar-refractivity contribution in [3.05, 3.63) is 52.9 Å². The van der Waals surface area contributed by atoms with Crippen LogP contribution in [0.2, 0.25) is 5.15 Å². The van der Waals surface area contributed by atoms with Gasteiger partial charge in [0.05, 0.1) is 5.56 Å². The minimum Gasteiger partial charge on any atom is -0.474 e. The Balaban J connectivity index is 0.000000197. The molecule has 1 aliphatic heterocycles. The van der Waals surface area contributed by atoms with Crippen molar-refractivity contribution in [2.45, 2.75) is 43.7 Å². The van der Waals surface area contributed by atoms with Gasteiger partial charge >= 0.3 is 0 Å². The summed E-state index contributed by atoms with van der Waals surface area (Å²) in [5.41, 5.74) is 7.55. The zero-order chi connectivity index (χ0) is 19.1. The first-order chi connectivity index (χ1) is 13.2. The number of hydrogen-bond donors (Lipinski definition) is 1. The minimum absolute atomic E-state index is 0.258. The van der Waals surface area contributed by atoms with Gasteiger partial charge in [-0.15, -0.1) is 0 Å². The summed E-state index contributed by atoms with van der Waals surface area (Å²) in [6.07, 6.45) is 7.51. The quantitative estimate of drug-likeness (QED) is 0.812. The molecule has 2 aromatic heterocycles. The third kappa shape index (κ3) is 5.64. The monoisotopic (exact) mass is 386 g/mol. The van der Waals surface area contributed by atoms with Gasteiger partial charge < -0.3 is 15.2 Å². The molecule has 27 heavy (non-hydrogen) atoms. The minimum atomic E-state index is 0.258. The highest BCUT2D eigenvalue weighted by Gasteiger charge is 2.29. The number of hydrogen-bond acceptors (Lipinski definition) is 6. The van der Waals surface area contributed by atoms with E-state index in [-0.39, 0.29) is 6.10 Å². The molecule has 0 bridgehead atoms. The number of nitrogens with zero attached hydrogens (tertiary/aromatic N) is 3. The molecule has 4 rings (SSSR count). The van der Waals surface area contributed by atoms with E-state index in [1.165, 1.54) is 11.8 Å². The van der Waals surface area contributed by atoms with Gasteiger partial charge in [-0.3, -0.25) is 0 Å². The second-order valence-electron chi connectivity index (χ2n) is 6.74. The lowest BCUT2D eigenvalue weighted by Gasteiger charge is -2.33. The first-order valence-electron chi connectivity index (χ1n) is 9.12. The maximum Gasteiger partial charge on any atom is 0.217 e. The van der Waals surface area contributed by atoms with Crippen molar-refractivity contribution in [2.24, 2.45) is 5.73 Å². The van der Waals surface area contributed by atoms with Crippen molar-refractivity contribution in [3.8, 4) is 11.9 Å². The second-order valence-corrected chi connectivity index (χ2v) is 7.12. The highest BCUT2D eigenvalue weighted by atomic mass is 35.5. The largest absolute Gasteiger partial charge is 0.474 e. The molecule has 2 N–H and O–H groups in total. The van der Waals surface area contributed by atoms with E-state index >= 15 is 0 Å². The predicted molar refractivity (Wildman–Crippen MR) is 103 cm³/mol. The Bertz CT molecular complexity index is 766. The van der Waals surface area contributed by atoms with Crippen molar-refractivity contribution in [2.75, 3.05) is 13.2 Å². The fourth-order valence-corrected chi connectivity index (χ4v) is 3.24. The van der Waals surface area contributed by atoms with Crippen LogP contribution in [0.4, 0.5) is 0 Å². The number of rotatable bonds is 3. The van der Waals surface area contributed by atoms with Crippen LogP contribution in [0, 0.1) is 11.3 Å². The summed E-state index contributed by atoms with van der Waals surface area (Å²) in [7, 11) is 0. The van der Waals surface area contributed by atoms with E-state index in [1.807, 2.05) is 12.1 Å². The molecule has 1 saturated carbocycles. The fourth-order valence-electron chi connectivity index (χ4n) is 3.12. The van der Waals surface area contributed by atoms with Gasteiger partial charge in [-0.05, 0) is 49.8 Å². The molecule has 0 atom stereocenters. The van der Waals surface area contributed by atoms with Crippen molar-refractivity contribution in [1.29, 1.82) is 5.26 Å². The first-order valence-corrected chi connectivity index (χ1v) is 9.50. The molecule has 6 nitrogen and oxygen atoms in total. The number of nitriles is 1. The Morgan fingerprint density at radius 1 is 1.19 bits per heavy atom. The summed E-state index contributed by atoms with van der Waals surface area (Å²) in [5, 5.41) is 8.71.